The molecular formula is C19H19NO. The van der Waals surface area contributed by atoms with Crippen LogP contribution in [0.2, 0.25) is 0 Å². The molecule has 0 amide bonds. The SMILES string of the molecule is O=C1CCCC(Nc2ccccc2)=C1Cc1ccccc1. The number of Topliss-reactive ketones (excluding diaryl/α,β-unsaturated/α-hetero) is 1. The number of rotatable bonds is 4. The molecule has 1 aliphatic rings. The van der Waals surface area contributed by atoms with E-state index in [4.69, 9.17) is 0 Å². The maximum Gasteiger partial charge on any atom is 0.160 e. The molecule has 2 aromatic rings. The molecule has 2 heteroatoms. The van der Waals surface area contributed by atoms with Gasteiger partial charge in [-0.25, -0.2) is 0 Å². The predicted octanol–water partition coefficient (Wildman–Crippen LogP) is 4.35. The van der Waals surface area contributed by atoms with Crippen LogP contribution >= 0.6 is 0 Å². The molecular weight excluding hydrogens is 258 g/mol. The number of carbonyl (C=O) groups is 1. The molecule has 1 aliphatic carbocycles. The van der Waals surface area contributed by atoms with E-state index in [1.54, 1.807) is 0 Å². The van der Waals surface area contributed by atoms with Gasteiger partial charge in [0.2, 0.25) is 0 Å². The van der Waals surface area contributed by atoms with Crippen molar-refractivity contribution in [1.29, 1.82) is 0 Å². The number of ketones is 1. The third-order valence-electron chi connectivity index (χ3n) is 3.82. The lowest BCUT2D eigenvalue weighted by molar-refractivity contribution is -0.116. The van der Waals surface area contributed by atoms with Gasteiger partial charge in [-0.3, -0.25) is 4.79 Å². The molecule has 0 aliphatic heterocycles. The van der Waals surface area contributed by atoms with Crippen molar-refractivity contribution < 1.29 is 4.79 Å². The minimum atomic E-state index is 0.281. The fraction of sp³-hybridized carbons (Fsp3) is 0.211. The van der Waals surface area contributed by atoms with Crippen LogP contribution in [-0.4, -0.2) is 5.78 Å². The summed E-state index contributed by atoms with van der Waals surface area (Å²) >= 11 is 0. The highest BCUT2D eigenvalue weighted by Crippen LogP contribution is 2.26. The minimum absolute atomic E-state index is 0.281. The van der Waals surface area contributed by atoms with Gasteiger partial charge in [0.25, 0.3) is 0 Å². The van der Waals surface area contributed by atoms with Crippen LogP contribution in [0, 0.1) is 0 Å². The van der Waals surface area contributed by atoms with E-state index in [0.29, 0.717) is 6.42 Å². The van der Waals surface area contributed by atoms with E-state index >= 15 is 0 Å². The third kappa shape index (κ3) is 3.40. The Kier molecular flexibility index (Phi) is 4.15. The molecule has 0 atom stereocenters. The highest BCUT2D eigenvalue weighted by Gasteiger charge is 2.20. The van der Waals surface area contributed by atoms with Crippen LogP contribution in [0.5, 0.6) is 0 Å². The Morgan fingerprint density at radius 3 is 2.24 bits per heavy atom. The van der Waals surface area contributed by atoms with Gasteiger partial charge in [-0.05, 0) is 30.5 Å². The first-order valence-electron chi connectivity index (χ1n) is 7.44. The molecule has 0 aromatic heterocycles. The zero-order valence-corrected chi connectivity index (χ0v) is 12.0. The minimum Gasteiger partial charge on any atom is -0.359 e. The Morgan fingerprint density at radius 1 is 0.857 bits per heavy atom. The summed E-state index contributed by atoms with van der Waals surface area (Å²) in [5.41, 5.74) is 4.26. The summed E-state index contributed by atoms with van der Waals surface area (Å²) in [7, 11) is 0. The van der Waals surface area contributed by atoms with Gasteiger partial charge in [0.15, 0.2) is 5.78 Å². The Labute approximate surface area is 125 Å². The molecule has 3 rings (SSSR count). The Bertz CT molecular complexity index is 644. The van der Waals surface area contributed by atoms with Gasteiger partial charge >= 0.3 is 0 Å². The van der Waals surface area contributed by atoms with Crippen LogP contribution < -0.4 is 5.32 Å². The van der Waals surface area contributed by atoms with E-state index in [9.17, 15) is 4.79 Å². The maximum atomic E-state index is 12.3. The average molecular weight is 277 g/mol. The summed E-state index contributed by atoms with van der Waals surface area (Å²) < 4.78 is 0. The van der Waals surface area contributed by atoms with Crippen LogP contribution in [0.3, 0.4) is 0 Å². The molecule has 106 valence electrons. The lowest BCUT2D eigenvalue weighted by Gasteiger charge is -2.21. The first-order valence-corrected chi connectivity index (χ1v) is 7.44. The Morgan fingerprint density at radius 2 is 1.52 bits per heavy atom. The van der Waals surface area contributed by atoms with Crippen molar-refractivity contribution in [3.63, 3.8) is 0 Å². The van der Waals surface area contributed by atoms with Gasteiger partial charge in [-0.2, -0.15) is 0 Å². The van der Waals surface area contributed by atoms with Gasteiger partial charge in [-0.15, -0.1) is 0 Å². The number of carbonyl (C=O) groups excluding carboxylic acids is 1. The molecule has 2 nitrogen and oxygen atoms in total. The normalized spacial score (nSPS) is 15.1. The van der Waals surface area contributed by atoms with E-state index in [1.165, 1.54) is 5.56 Å². The lowest BCUT2D eigenvalue weighted by atomic mass is 9.90. The van der Waals surface area contributed by atoms with E-state index in [-0.39, 0.29) is 5.78 Å². The van der Waals surface area contributed by atoms with Crippen LogP contribution in [-0.2, 0) is 11.2 Å². The van der Waals surface area contributed by atoms with Crippen LogP contribution in [0.15, 0.2) is 71.9 Å². The number of hydrogen-bond donors (Lipinski definition) is 1. The number of anilines is 1. The Hall–Kier alpha value is -2.35. The first kappa shape index (κ1) is 13.6. The molecule has 0 bridgehead atoms. The summed E-state index contributed by atoms with van der Waals surface area (Å²) in [5.74, 6) is 0.281. The summed E-state index contributed by atoms with van der Waals surface area (Å²) in [4.78, 5) is 12.3. The molecule has 1 N–H and O–H groups in total. The molecule has 2 aromatic carbocycles. The smallest absolute Gasteiger partial charge is 0.160 e. The largest absolute Gasteiger partial charge is 0.359 e. The molecule has 0 radical (unpaired) electrons. The number of benzene rings is 2. The zero-order chi connectivity index (χ0) is 14.5. The Balaban J connectivity index is 1.88. The van der Waals surface area contributed by atoms with Crippen molar-refractivity contribution >= 4 is 11.5 Å². The second-order valence-corrected chi connectivity index (χ2v) is 5.39. The van der Waals surface area contributed by atoms with Crippen LogP contribution in [0.4, 0.5) is 5.69 Å². The molecule has 0 fully saturated rings. The number of para-hydroxylation sites is 1. The summed E-state index contributed by atoms with van der Waals surface area (Å²) in [5, 5.41) is 3.44. The highest BCUT2D eigenvalue weighted by atomic mass is 16.1. The predicted molar refractivity (Wildman–Crippen MR) is 86.1 cm³/mol. The van der Waals surface area contributed by atoms with Crippen LogP contribution in [0.25, 0.3) is 0 Å². The van der Waals surface area contributed by atoms with E-state index < -0.39 is 0 Å². The molecule has 0 saturated heterocycles. The van der Waals surface area contributed by atoms with Crippen molar-refractivity contribution in [2.24, 2.45) is 0 Å². The first-order chi connectivity index (χ1) is 10.3. The van der Waals surface area contributed by atoms with Crippen molar-refractivity contribution in [3.05, 3.63) is 77.5 Å². The second kappa shape index (κ2) is 6.40. The zero-order valence-electron chi connectivity index (χ0n) is 12.0. The highest BCUT2D eigenvalue weighted by molar-refractivity contribution is 5.97. The lowest BCUT2D eigenvalue weighted by Crippen LogP contribution is -2.18. The van der Waals surface area contributed by atoms with Gasteiger partial charge in [0.05, 0.1) is 0 Å². The number of allylic oxidation sites excluding steroid dienone is 2. The molecule has 0 unspecified atom stereocenters. The van der Waals surface area contributed by atoms with Gasteiger partial charge in [0.1, 0.15) is 0 Å². The second-order valence-electron chi connectivity index (χ2n) is 5.39. The van der Waals surface area contributed by atoms with E-state index in [2.05, 4.69) is 17.4 Å². The molecule has 0 spiro atoms. The quantitative estimate of drug-likeness (QED) is 0.900. The third-order valence-corrected chi connectivity index (χ3v) is 3.82. The van der Waals surface area contributed by atoms with Crippen molar-refractivity contribution in [3.8, 4) is 0 Å². The topological polar surface area (TPSA) is 29.1 Å². The molecule has 0 saturated carbocycles. The van der Waals surface area contributed by atoms with E-state index in [1.807, 2.05) is 48.5 Å². The van der Waals surface area contributed by atoms with Gasteiger partial charge in [0, 0.05) is 29.8 Å². The number of nitrogens with one attached hydrogen (secondary N) is 1. The van der Waals surface area contributed by atoms with Crippen molar-refractivity contribution in [1.82, 2.24) is 0 Å². The van der Waals surface area contributed by atoms with Crippen molar-refractivity contribution in [2.75, 3.05) is 5.32 Å². The van der Waals surface area contributed by atoms with Crippen molar-refractivity contribution in [2.45, 2.75) is 25.7 Å². The monoisotopic (exact) mass is 277 g/mol. The maximum absolute atomic E-state index is 12.3. The number of hydrogen-bond acceptors (Lipinski definition) is 2. The average Bonchev–Trinajstić information content (AvgIpc) is 2.53. The summed E-state index contributed by atoms with van der Waals surface area (Å²) in [6.45, 7) is 0. The molecule has 0 heterocycles. The van der Waals surface area contributed by atoms with Gasteiger partial charge in [-0.1, -0.05) is 48.5 Å². The standard InChI is InChI=1S/C19H19NO/c21-19-13-7-12-18(20-16-10-5-2-6-11-16)17(19)14-15-8-3-1-4-9-15/h1-6,8-11,20H,7,12-14H2. The van der Waals surface area contributed by atoms with Gasteiger partial charge < -0.3 is 5.32 Å². The fourth-order valence-electron chi connectivity index (χ4n) is 2.73. The fourth-order valence-corrected chi connectivity index (χ4v) is 2.73. The summed E-state index contributed by atoms with van der Waals surface area (Å²) in [6, 6.07) is 20.3. The summed E-state index contributed by atoms with van der Waals surface area (Å²) in [6.07, 6.45) is 3.27. The van der Waals surface area contributed by atoms with E-state index in [0.717, 1.165) is 36.2 Å². The van der Waals surface area contributed by atoms with Crippen LogP contribution in [0.1, 0.15) is 24.8 Å². The molecule has 21 heavy (non-hydrogen) atoms.